The van der Waals surface area contributed by atoms with Gasteiger partial charge in [0, 0.05) is 0 Å². The Kier molecular flexibility index (Phi) is 2.60. The zero-order valence-electron chi connectivity index (χ0n) is 6.53. The number of aliphatic carboxylic acids is 1. The van der Waals surface area contributed by atoms with Crippen molar-refractivity contribution in [2.75, 3.05) is 0 Å². The second-order valence-electron chi connectivity index (χ2n) is 2.43. The van der Waals surface area contributed by atoms with Crippen molar-refractivity contribution in [1.29, 1.82) is 0 Å². The summed E-state index contributed by atoms with van der Waals surface area (Å²) >= 11 is 1.29. The molecule has 1 N–H and O–H groups in total. The molecule has 1 rings (SSSR count). The first-order chi connectivity index (χ1) is 5.61. The van der Waals surface area contributed by atoms with Crippen LogP contribution in [0.25, 0.3) is 0 Å². The molecule has 1 aromatic heterocycles. The molecule has 0 aliphatic carbocycles. The summed E-state index contributed by atoms with van der Waals surface area (Å²) in [6.45, 7) is 1.80. The summed E-state index contributed by atoms with van der Waals surface area (Å²) in [7, 11) is 0. The smallest absolute Gasteiger partial charge is 0.311 e. The Morgan fingerprint density at radius 1 is 1.58 bits per heavy atom. The number of carboxylic acid groups (broad SMARTS) is 1. The van der Waals surface area contributed by atoms with Crippen LogP contribution in [0, 0.1) is 6.92 Å². The lowest BCUT2D eigenvalue weighted by Crippen LogP contribution is -2.06. The minimum atomic E-state index is -1.08. The zero-order valence-corrected chi connectivity index (χ0v) is 7.35. The highest BCUT2D eigenvalue weighted by Gasteiger charge is 2.13. The molecular formula is C8H8O3S. The van der Waals surface area contributed by atoms with Gasteiger partial charge in [-0.05, 0) is 23.9 Å². The van der Waals surface area contributed by atoms with E-state index in [9.17, 15) is 9.59 Å². The lowest BCUT2D eigenvalue weighted by molar-refractivity contribution is -0.135. The van der Waals surface area contributed by atoms with Crippen LogP contribution in [0.2, 0.25) is 0 Å². The summed E-state index contributed by atoms with van der Waals surface area (Å²) in [6, 6.07) is 1.81. The van der Waals surface area contributed by atoms with E-state index in [1.165, 1.54) is 11.3 Å². The van der Waals surface area contributed by atoms with E-state index in [0.29, 0.717) is 4.88 Å². The van der Waals surface area contributed by atoms with Crippen molar-refractivity contribution < 1.29 is 14.7 Å². The number of thiophene rings is 1. The van der Waals surface area contributed by atoms with Crippen LogP contribution in [0.3, 0.4) is 0 Å². The van der Waals surface area contributed by atoms with Crippen molar-refractivity contribution in [2.45, 2.75) is 13.3 Å². The van der Waals surface area contributed by atoms with Gasteiger partial charge in [-0.15, -0.1) is 11.3 Å². The third-order valence-electron chi connectivity index (χ3n) is 1.43. The number of carbonyl (C=O) groups is 2. The topological polar surface area (TPSA) is 54.4 Å². The first-order valence-electron chi connectivity index (χ1n) is 3.40. The number of ketones is 1. The molecule has 0 aliphatic heterocycles. The van der Waals surface area contributed by atoms with Crippen LogP contribution < -0.4 is 0 Å². The van der Waals surface area contributed by atoms with Gasteiger partial charge in [0.15, 0.2) is 5.78 Å². The summed E-state index contributed by atoms with van der Waals surface area (Å²) in [5.74, 6) is -1.39. The summed E-state index contributed by atoms with van der Waals surface area (Å²) in [5.41, 5.74) is 0.853. The fraction of sp³-hybridized carbons (Fsp3) is 0.250. The third-order valence-corrected chi connectivity index (χ3v) is 2.48. The molecule has 0 amide bonds. The molecule has 0 saturated carbocycles. The van der Waals surface area contributed by atoms with Crippen molar-refractivity contribution in [3.63, 3.8) is 0 Å². The van der Waals surface area contributed by atoms with E-state index in [1.807, 2.05) is 0 Å². The summed E-state index contributed by atoms with van der Waals surface area (Å²) in [4.78, 5) is 21.9. The first kappa shape index (κ1) is 8.93. The monoisotopic (exact) mass is 184 g/mol. The number of carbonyl (C=O) groups excluding carboxylic acids is 1. The molecule has 4 heteroatoms. The van der Waals surface area contributed by atoms with E-state index in [0.717, 1.165) is 5.56 Å². The van der Waals surface area contributed by atoms with Gasteiger partial charge < -0.3 is 5.11 Å². The van der Waals surface area contributed by atoms with Crippen LogP contribution in [0.15, 0.2) is 11.4 Å². The Hall–Kier alpha value is -1.16. The van der Waals surface area contributed by atoms with E-state index in [-0.39, 0.29) is 5.78 Å². The maximum atomic E-state index is 11.2. The highest BCUT2D eigenvalue weighted by Crippen LogP contribution is 2.17. The van der Waals surface area contributed by atoms with Gasteiger partial charge in [-0.3, -0.25) is 9.59 Å². The number of hydrogen-bond acceptors (Lipinski definition) is 3. The molecule has 0 fully saturated rings. The molecule has 0 aromatic carbocycles. The SMILES string of the molecule is Cc1ccsc1C(=O)CC(=O)O. The van der Waals surface area contributed by atoms with Gasteiger partial charge in [0.05, 0.1) is 4.88 Å². The van der Waals surface area contributed by atoms with E-state index in [2.05, 4.69) is 0 Å². The molecule has 0 radical (unpaired) electrons. The number of Topliss-reactive ketones (excluding diaryl/α,β-unsaturated/α-hetero) is 1. The maximum Gasteiger partial charge on any atom is 0.311 e. The van der Waals surface area contributed by atoms with Crippen molar-refractivity contribution in [3.8, 4) is 0 Å². The van der Waals surface area contributed by atoms with Crippen LogP contribution in [-0.4, -0.2) is 16.9 Å². The van der Waals surface area contributed by atoms with Crippen molar-refractivity contribution in [1.82, 2.24) is 0 Å². The van der Waals surface area contributed by atoms with Crippen LogP contribution >= 0.6 is 11.3 Å². The highest BCUT2D eigenvalue weighted by atomic mass is 32.1. The minimum Gasteiger partial charge on any atom is -0.481 e. The van der Waals surface area contributed by atoms with E-state index >= 15 is 0 Å². The van der Waals surface area contributed by atoms with Gasteiger partial charge in [-0.2, -0.15) is 0 Å². The second-order valence-corrected chi connectivity index (χ2v) is 3.34. The van der Waals surface area contributed by atoms with Crippen molar-refractivity contribution >= 4 is 23.1 Å². The number of aryl methyl sites for hydroxylation is 1. The standard InChI is InChI=1S/C8H8O3S/c1-5-2-3-12-8(5)6(9)4-7(10)11/h2-3H,4H2,1H3,(H,10,11). The Balaban J connectivity index is 2.78. The normalized spacial score (nSPS) is 9.75. The Labute approximate surface area is 73.6 Å². The first-order valence-corrected chi connectivity index (χ1v) is 4.28. The fourth-order valence-electron chi connectivity index (χ4n) is 0.876. The Morgan fingerprint density at radius 3 is 2.67 bits per heavy atom. The zero-order chi connectivity index (χ0) is 9.14. The Bertz CT molecular complexity index is 314. The molecule has 0 saturated heterocycles. The number of hydrogen-bond donors (Lipinski definition) is 1. The molecule has 3 nitrogen and oxygen atoms in total. The van der Waals surface area contributed by atoms with Gasteiger partial charge in [-0.25, -0.2) is 0 Å². The van der Waals surface area contributed by atoms with Crippen molar-refractivity contribution in [3.05, 3.63) is 21.9 Å². The predicted molar refractivity (Wildman–Crippen MR) is 45.6 cm³/mol. The lowest BCUT2D eigenvalue weighted by atomic mass is 10.2. The van der Waals surface area contributed by atoms with E-state index < -0.39 is 12.4 Å². The van der Waals surface area contributed by atoms with Crippen LogP contribution in [-0.2, 0) is 4.79 Å². The summed E-state index contributed by atoms with van der Waals surface area (Å²) in [6.07, 6.45) is -0.415. The predicted octanol–water partition coefficient (Wildman–Crippen LogP) is 1.71. The van der Waals surface area contributed by atoms with Gasteiger partial charge in [-0.1, -0.05) is 0 Å². The lowest BCUT2D eigenvalue weighted by Gasteiger charge is -1.93. The van der Waals surface area contributed by atoms with Crippen molar-refractivity contribution in [2.24, 2.45) is 0 Å². The molecule has 0 bridgehead atoms. The second kappa shape index (κ2) is 3.49. The number of carboxylic acids is 1. The molecule has 0 unspecified atom stereocenters. The summed E-state index contributed by atoms with van der Waals surface area (Å²) in [5, 5.41) is 10.1. The molecule has 1 aromatic rings. The van der Waals surface area contributed by atoms with Gasteiger partial charge in [0.1, 0.15) is 6.42 Å². The van der Waals surface area contributed by atoms with Gasteiger partial charge in [0.2, 0.25) is 0 Å². The van der Waals surface area contributed by atoms with Gasteiger partial charge in [0.25, 0.3) is 0 Å². The molecule has 1 heterocycles. The fourth-order valence-corrected chi connectivity index (χ4v) is 1.74. The Morgan fingerprint density at radius 2 is 2.25 bits per heavy atom. The molecule has 0 spiro atoms. The number of rotatable bonds is 3. The van der Waals surface area contributed by atoms with Crippen LogP contribution in [0.1, 0.15) is 21.7 Å². The third kappa shape index (κ3) is 1.92. The van der Waals surface area contributed by atoms with E-state index in [1.54, 1.807) is 18.4 Å². The molecule has 64 valence electrons. The highest BCUT2D eigenvalue weighted by molar-refractivity contribution is 7.12. The van der Waals surface area contributed by atoms with Crippen LogP contribution in [0.5, 0.6) is 0 Å². The minimum absolute atomic E-state index is 0.310. The molecule has 0 aliphatic rings. The summed E-state index contributed by atoms with van der Waals surface area (Å²) < 4.78 is 0. The maximum absolute atomic E-state index is 11.2. The largest absolute Gasteiger partial charge is 0.481 e. The molecule has 12 heavy (non-hydrogen) atoms. The molecule has 0 atom stereocenters. The molecular weight excluding hydrogens is 176 g/mol. The van der Waals surface area contributed by atoms with Crippen LogP contribution in [0.4, 0.5) is 0 Å². The quantitative estimate of drug-likeness (QED) is 0.574. The average Bonchev–Trinajstić information content (AvgIpc) is 2.33. The van der Waals surface area contributed by atoms with Gasteiger partial charge >= 0.3 is 5.97 Å². The van der Waals surface area contributed by atoms with E-state index in [4.69, 9.17) is 5.11 Å². The average molecular weight is 184 g/mol.